The summed E-state index contributed by atoms with van der Waals surface area (Å²) in [7, 11) is 0. The number of rotatable bonds is 5. The third kappa shape index (κ3) is 4.03. The summed E-state index contributed by atoms with van der Waals surface area (Å²) >= 11 is 6.37. The normalized spacial score (nSPS) is 20.1. The van der Waals surface area contributed by atoms with Crippen molar-refractivity contribution in [2.75, 3.05) is 19.8 Å². The molecule has 2 heterocycles. The minimum Gasteiger partial charge on any atom is -0.394 e. The average Bonchev–Trinajstić information content (AvgIpc) is 2.92. The SMILES string of the molecule is Cc1nn(CCC(=O)N2CCO[C@@H](CO)[C@@H]2c2ccccc2Cl)c(C)c1C. The molecule has 0 radical (unpaired) electrons. The maximum Gasteiger partial charge on any atom is 0.225 e. The van der Waals surface area contributed by atoms with Crippen molar-refractivity contribution in [3.8, 4) is 0 Å². The van der Waals surface area contributed by atoms with Crippen LogP contribution >= 0.6 is 11.6 Å². The lowest BCUT2D eigenvalue weighted by molar-refractivity contribution is -0.150. The molecule has 27 heavy (non-hydrogen) atoms. The maximum atomic E-state index is 13.0. The van der Waals surface area contributed by atoms with E-state index in [0.717, 1.165) is 22.5 Å². The number of aliphatic hydroxyl groups excluding tert-OH is 1. The van der Waals surface area contributed by atoms with E-state index in [1.165, 1.54) is 0 Å². The van der Waals surface area contributed by atoms with E-state index in [9.17, 15) is 9.90 Å². The van der Waals surface area contributed by atoms with Gasteiger partial charge in [-0.2, -0.15) is 5.10 Å². The highest BCUT2D eigenvalue weighted by atomic mass is 35.5. The van der Waals surface area contributed by atoms with Crippen LogP contribution in [0.1, 0.15) is 35.0 Å². The van der Waals surface area contributed by atoms with Crippen molar-refractivity contribution in [1.29, 1.82) is 0 Å². The third-order valence-corrected chi connectivity index (χ3v) is 5.70. The lowest BCUT2D eigenvalue weighted by Gasteiger charge is -2.41. The molecule has 1 aliphatic rings. The molecule has 6 nitrogen and oxygen atoms in total. The van der Waals surface area contributed by atoms with Crippen molar-refractivity contribution in [2.24, 2.45) is 0 Å². The van der Waals surface area contributed by atoms with Gasteiger partial charge < -0.3 is 14.7 Å². The Bertz CT molecular complexity index is 821. The molecule has 0 aliphatic carbocycles. The third-order valence-electron chi connectivity index (χ3n) is 5.36. The number of ether oxygens (including phenoxy) is 1. The zero-order valence-electron chi connectivity index (χ0n) is 16.0. The lowest BCUT2D eigenvalue weighted by Crippen LogP contribution is -2.49. The molecule has 1 N–H and O–H groups in total. The predicted molar refractivity (Wildman–Crippen MR) is 104 cm³/mol. The van der Waals surface area contributed by atoms with Crippen LogP contribution in [0, 0.1) is 20.8 Å². The fourth-order valence-electron chi connectivity index (χ4n) is 3.60. The highest BCUT2D eigenvalue weighted by Gasteiger charge is 2.36. The Morgan fingerprint density at radius 1 is 1.33 bits per heavy atom. The minimum atomic E-state index is -0.487. The summed E-state index contributed by atoms with van der Waals surface area (Å²) in [6, 6.07) is 7.01. The first-order valence-corrected chi connectivity index (χ1v) is 9.58. The zero-order chi connectivity index (χ0) is 19.6. The van der Waals surface area contributed by atoms with Crippen molar-refractivity contribution in [3.63, 3.8) is 0 Å². The highest BCUT2D eigenvalue weighted by Crippen LogP contribution is 2.34. The summed E-state index contributed by atoms with van der Waals surface area (Å²) in [6.07, 6.45) is -0.154. The number of hydrogen-bond donors (Lipinski definition) is 1. The number of morpholine rings is 1. The van der Waals surface area contributed by atoms with Gasteiger partial charge in [0.1, 0.15) is 6.10 Å². The molecule has 1 aromatic heterocycles. The fourth-order valence-corrected chi connectivity index (χ4v) is 3.85. The summed E-state index contributed by atoms with van der Waals surface area (Å²) < 4.78 is 7.60. The van der Waals surface area contributed by atoms with Crippen LogP contribution in [0.15, 0.2) is 24.3 Å². The second-order valence-electron chi connectivity index (χ2n) is 6.91. The minimum absolute atomic E-state index is 0.00637. The average molecular weight is 392 g/mol. The first-order valence-electron chi connectivity index (χ1n) is 9.21. The van der Waals surface area contributed by atoms with Crippen LogP contribution in [0.4, 0.5) is 0 Å². The molecule has 2 aromatic rings. The van der Waals surface area contributed by atoms with E-state index in [1.54, 1.807) is 11.0 Å². The van der Waals surface area contributed by atoms with Crippen LogP contribution in [0.25, 0.3) is 0 Å². The number of aliphatic hydroxyl groups is 1. The van der Waals surface area contributed by atoms with Gasteiger partial charge in [0.15, 0.2) is 0 Å². The lowest BCUT2D eigenvalue weighted by atomic mass is 9.97. The summed E-state index contributed by atoms with van der Waals surface area (Å²) in [5.74, 6) is 0.00637. The maximum absolute atomic E-state index is 13.0. The van der Waals surface area contributed by atoms with E-state index in [1.807, 2.05) is 43.7 Å². The van der Waals surface area contributed by atoms with Crippen molar-refractivity contribution < 1.29 is 14.6 Å². The van der Waals surface area contributed by atoms with E-state index < -0.39 is 12.1 Å². The number of aryl methyl sites for hydroxylation is 2. The Kier molecular flexibility index (Phi) is 6.19. The number of halogens is 1. The quantitative estimate of drug-likeness (QED) is 0.851. The van der Waals surface area contributed by atoms with Gasteiger partial charge in [-0.1, -0.05) is 29.8 Å². The molecule has 7 heteroatoms. The molecule has 0 bridgehead atoms. The standard InChI is InChI=1S/C20H26ClN3O3/c1-13-14(2)22-24(15(13)3)9-8-19(26)23-10-11-27-18(12-25)20(23)16-6-4-5-7-17(16)21/h4-7,18,20,25H,8-12H2,1-3H3/t18-,20-/m0/s1. The first-order chi connectivity index (χ1) is 12.9. The van der Waals surface area contributed by atoms with E-state index in [4.69, 9.17) is 16.3 Å². The van der Waals surface area contributed by atoms with E-state index in [2.05, 4.69) is 5.10 Å². The van der Waals surface area contributed by atoms with Gasteiger partial charge in [0, 0.05) is 30.2 Å². The van der Waals surface area contributed by atoms with Gasteiger partial charge in [0.05, 0.1) is 24.9 Å². The van der Waals surface area contributed by atoms with Crippen molar-refractivity contribution in [2.45, 2.75) is 45.9 Å². The molecule has 3 rings (SSSR count). The predicted octanol–water partition coefficient (Wildman–Crippen LogP) is 2.81. The van der Waals surface area contributed by atoms with Crippen LogP contribution in [-0.4, -0.2) is 51.6 Å². The molecule has 1 aromatic carbocycles. The van der Waals surface area contributed by atoms with Gasteiger partial charge in [-0.3, -0.25) is 9.48 Å². The summed E-state index contributed by atoms with van der Waals surface area (Å²) in [5.41, 5.74) is 4.02. The van der Waals surface area contributed by atoms with E-state index >= 15 is 0 Å². The second-order valence-corrected chi connectivity index (χ2v) is 7.32. The Morgan fingerprint density at radius 3 is 2.70 bits per heavy atom. The molecule has 0 spiro atoms. The molecule has 0 saturated carbocycles. The van der Waals surface area contributed by atoms with Gasteiger partial charge in [-0.05, 0) is 38.0 Å². The smallest absolute Gasteiger partial charge is 0.225 e. The van der Waals surface area contributed by atoms with Gasteiger partial charge in [-0.25, -0.2) is 0 Å². The fraction of sp³-hybridized carbons (Fsp3) is 0.500. The van der Waals surface area contributed by atoms with Crippen LogP contribution in [-0.2, 0) is 16.1 Å². The number of nitrogens with zero attached hydrogens (tertiary/aromatic N) is 3. The largest absolute Gasteiger partial charge is 0.394 e. The summed E-state index contributed by atoms with van der Waals surface area (Å²) in [4.78, 5) is 14.8. The molecule has 1 amide bonds. The number of benzene rings is 1. The zero-order valence-corrected chi connectivity index (χ0v) is 16.7. The first kappa shape index (κ1) is 19.9. The summed E-state index contributed by atoms with van der Waals surface area (Å²) in [5, 5.41) is 14.8. The molecule has 146 valence electrons. The number of hydrogen-bond acceptors (Lipinski definition) is 4. The van der Waals surface area contributed by atoms with Crippen LogP contribution in [0.5, 0.6) is 0 Å². The topological polar surface area (TPSA) is 67.6 Å². The number of carbonyl (C=O) groups is 1. The Labute approximate surface area is 164 Å². The summed E-state index contributed by atoms with van der Waals surface area (Å²) in [6.45, 7) is 7.26. The van der Waals surface area contributed by atoms with Crippen molar-refractivity contribution >= 4 is 17.5 Å². The number of carbonyl (C=O) groups excluding carboxylic acids is 1. The van der Waals surface area contributed by atoms with E-state index in [0.29, 0.717) is 31.1 Å². The van der Waals surface area contributed by atoms with E-state index in [-0.39, 0.29) is 12.5 Å². The van der Waals surface area contributed by atoms with Crippen molar-refractivity contribution in [3.05, 3.63) is 51.8 Å². The highest BCUT2D eigenvalue weighted by molar-refractivity contribution is 6.31. The monoisotopic (exact) mass is 391 g/mol. The molecule has 2 atom stereocenters. The molecule has 0 unspecified atom stereocenters. The van der Waals surface area contributed by atoms with Crippen molar-refractivity contribution in [1.82, 2.24) is 14.7 Å². The number of amides is 1. The Morgan fingerprint density at radius 2 is 2.07 bits per heavy atom. The second kappa shape index (κ2) is 8.42. The van der Waals surface area contributed by atoms with Crippen LogP contribution in [0.2, 0.25) is 5.02 Å². The van der Waals surface area contributed by atoms with Crippen LogP contribution in [0.3, 0.4) is 0 Å². The molecule has 1 fully saturated rings. The van der Waals surface area contributed by atoms with Gasteiger partial charge in [-0.15, -0.1) is 0 Å². The molecule has 1 saturated heterocycles. The Hall–Kier alpha value is -1.89. The molecular formula is C20H26ClN3O3. The van der Waals surface area contributed by atoms with Gasteiger partial charge in [0.2, 0.25) is 5.91 Å². The molecule has 1 aliphatic heterocycles. The van der Waals surface area contributed by atoms with Gasteiger partial charge in [0.25, 0.3) is 0 Å². The number of aromatic nitrogens is 2. The van der Waals surface area contributed by atoms with Gasteiger partial charge >= 0.3 is 0 Å². The van der Waals surface area contributed by atoms with Crippen LogP contribution < -0.4 is 0 Å². The molecular weight excluding hydrogens is 366 g/mol. The Balaban J connectivity index is 1.80.